The maximum absolute atomic E-state index is 12.3. The lowest BCUT2D eigenvalue weighted by molar-refractivity contribution is -0.128. The van der Waals surface area contributed by atoms with Crippen LogP contribution in [0.15, 0.2) is 18.3 Å². The van der Waals surface area contributed by atoms with Gasteiger partial charge < -0.3 is 11.1 Å². The molecule has 4 nitrogen and oxygen atoms in total. The third-order valence-electron chi connectivity index (χ3n) is 3.59. The highest BCUT2D eigenvalue weighted by atomic mass is 16.1. The second kappa shape index (κ2) is 4.84. The van der Waals surface area contributed by atoms with E-state index in [0.29, 0.717) is 18.0 Å². The van der Waals surface area contributed by atoms with Gasteiger partial charge in [0, 0.05) is 18.0 Å². The predicted octanol–water partition coefficient (Wildman–Crippen LogP) is 1.17. The molecule has 1 aromatic heterocycles. The number of hydrogen-bond donors (Lipinski definition) is 2. The van der Waals surface area contributed by atoms with Crippen LogP contribution >= 0.6 is 0 Å². The number of nitrogens with two attached hydrogens (primary N) is 1. The first-order valence-electron chi connectivity index (χ1n) is 6.05. The van der Waals surface area contributed by atoms with Crippen LogP contribution < -0.4 is 11.1 Å². The van der Waals surface area contributed by atoms with E-state index < -0.39 is 0 Å². The van der Waals surface area contributed by atoms with Crippen molar-refractivity contribution in [2.24, 2.45) is 5.41 Å². The van der Waals surface area contributed by atoms with Crippen molar-refractivity contribution in [2.75, 3.05) is 18.8 Å². The molecule has 1 aliphatic heterocycles. The van der Waals surface area contributed by atoms with Gasteiger partial charge >= 0.3 is 0 Å². The van der Waals surface area contributed by atoms with Gasteiger partial charge in [-0.25, -0.2) is 4.98 Å². The Kier molecular flexibility index (Phi) is 3.43. The Bertz CT molecular complexity index is 411. The van der Waals surface area contributed by atoms with Gasteiger partial charge in [0.05, 0.1) is 0 Å². The van der Waals surface area contributed by atoms with Gasteiger partial charge in [0.1, 0.15) is 11.6 Å². The van der Waals surface area contributed by atoms with Crippen molar-refractivity contribution in [3.63, 3.8) is 0 Å². The molecule has 0 aromatic carbocycles. The van der Waals surface area contributed by atoms with Crippen LogP contribution in [0.25, 0.3) is 0 Å². The highest BCUT2D eigenvalue weighted by Gasteiger charge is 2.33. The second-order valence-corrected chi connectivity index (χ2v) is 5.00. The topological polar surface area (TPSA) is 68.0 Å². The Morgan fingerprint density at radius 3 is 2.88 bits per heavy atom. The Hall–Kier alpha value is -1.42. The lowest BCUT2D eigenvalue weighted by Gasteiger charge is -2.32. The third-order valence-corrected chi connectivity index (χ3v) is 3.59. The monoisotopic (exact) mass is 233 g/mol. The Morgan fingerprint density at radius 2 is 2.24 bits per heavy atom. The first-order chi connectivity index (χ1) is 8.10. The van der Waals surface area contributed by atoms with Gasteiger partial charge in [-0.1, -0.05) is 6.92 Å². The van der Waals surface area contributed by atoms with E-state index in [1.54, 1.807) is 12.3 Å². The van der Waals surface area contributed by atoms with Crippen LogP contribution in [0.2, 0.25) is 0 Å². The number of pyridine rings is 1. The largest absolute Gasteiger partial charge is 0.384 e. The number of carbonyl (C=O) groups excluding carboxylic acids is 1. The fourth-order valence-electron chi connectivity index (χ4n) is 2.26. The molecule has 92 valence electrons. The van der Waals surface area contributed by atoms with E-state index in [2.05, 4.69) is 17.2 Å². The fraction of sp³-hybridized carbons (Fsp3) is 0.538. The number of nitrogen functional groups attached to an aromatic ring is 1. The minimum atomic E-state index is -0.177. The smallest absolute Gasteiger partial charge is 0.143 e. The predicted molar refractivity (Wildman–Crippen MR) is 67.6 cm³/mol. The van der Waals surface area contributed by atoms with Gasteiger partial charge in [-0.3, -0.25) is 4.79 Å². The minimum Gasteiger partial charge on any atom is -0.384 e. The molecule has 2 rings (SSSR count). The van der Waals surface area contributed by atoms with Crippen LogP contribution in [0.4, 0.5) is 5.82 Å². The van der Waals surface area contributed by atoms with E-state index in [0.717, 1.165) is 31.5 Å². The van der Waals surface area contributed by atoms with E-state index in [9.17, 15) is 4.79 Å². The van der Waals surface area contributed by atoms with Crippen LogP contribution in [0.1, 0.15) is 25.3 Å². The average molecular weight is 233 g/mol. The van der Waals surface area contributed by atoms with E-state index in [4.69, 9.17) is 5.73 Å². The number of rotatable bonds is 3. The molecule has 2 heterocycles. The highest BCUT2D eigenvalue weighted by molar-refractivity contribution is 5.86. The molecule has 0 aliphatic carbocycles. The van der Waals surface area contributed by atoms with Crippen LogP contribution in [-0.4, -0.2) is 23.9 Å². The molecular formula is C13H19N3O. The summed E-state index contributed by atoms with van der Waals surface area (Å²) in [5, 5.41) is 3.29. The summed E-state index contributed by atoms with van der Waals surface area (Å²) >= 11 is 0. The summed E-state index contributed by atoms with van der Waals surface area (Å²) in [5.74, 6) is 0.787. The molecule has 0 saturated carbocycles. The zero-order chi connectivity index (χ0) is 12.3. The summed E-state index contributed by atoms with van der Waals surface area (Å²) in [6, 6.07) is 3.64. The molecule has 1 fully saturated rings. The first kappa shape index (κ1) is 12.0. The van der Waals surface area contributed by atoms with Gasteiger partial charge in [-0.15, -0.1) is 0 Å². The van der Waals surface area contributed by atoms with Crippen LogP contribution in [0.5, 0.6) is 0 Å². The van der Waals surface area contributed by atoms with E-state index in [1.165, 1.54) is 0 Å². The molecule has 1 aliphatic rings. The number of anilines is 1. The maximum Gasteiger partial charge on any atom is 0.143 e. The number of carbonyl (C=O) groups is 1. The molecule has 1 aromatic rings. The second-order valence-electron chi connectivity index (χ2n) is 5.00. The number of nitrogens with zero attached hydrogens (tertiary/aromatic N) is 1. The van der Waals surface area contributed by atoms with Crippen LogP contribution in [0, 0.1) is 5.41 Å². The zero-order valence-electron chi connectivity index (χ0n) is 10.2. The van der Waals surface area contributed by atoms with Gasteiger partial charge in [-0.2, -0.15) is 0 Å². The quantitative estimate of drug-likeness (QED) is 0.822. The van der Waals surface area contributed by atoms with Gasteiger partial charge in [0.2, 0.25) is 0 Å². The van der Waals surface area contributed by atoms with E-state index in [-0.39, 0.29) is 5.41 Å². The molecule has 0 amide bonds. The average Bonchev–Trinajstić information content (AvgIpc) is 2.30. The number of hydrogen-bond acceptors (Lipinski definition) is 4. The number of Topliss-reactive ketones (excluding diaryl/α,β-unsaturated/α-hetero) is 1. The SMILES string of the molecule is CC1(C(=O)Cc2ccnc(N)c2)CCNCC1. The van der Waals surface area contributed by atoms with Crippen molar-refractivity contribution in [1.29, 1.82) is 0 Å². The summed E-state index contributed by atoms with van der Waals surface area (Å²) in [6.07, 6.45) is 3.96. The molecule has 0 atom stereocenters. The summed E-state index contributed by atoms with van der Waals surface area (Å²) in [7, 11) is 0. The molecule has 1 saturated heterocycles. The molecule has 17 heavy (non-hydrogen) atoms. The summed E-state index contributed by atoms with van der Waals surface area (Å²) in [5.41, 5.74) is 6.40. The molecule has 0 radical (unpaired) electrons. The lowest BCUT2D eigenvalue weighted by atomic mass is 9.75. The molecule has 0 bridgehead atoms. The Labute approximate surface area is 102 Å². The van der Waals surface area contributed by atoms with Gasteiger partial charge in [0.25, 0.3) is 0 Å². The van der Waals surface area contributed by atoms with Crippen molar-refractivity contribution >= 4 is 11.6 Å². The van der Waals surface area contributed by atoms with Crippen molar-refractivity contribution in [2.45, 2.75) is 26.2 Å². The summed E-state index contributed by atoms with van der Waals surface area (Å²) in [6.45, 7) is 3.93. The van der Waals surface area contributed by atoms with Crippen LogP contribution in [0.3, 0.4) is 0 Å². The van der Waals surface area contributed by atoms with Crippen molar-refractivity contribution in [3.8, 4) is 0 Å². The molecule has 0 unspecified atom stereocenters. The van der Waals surface area contributed by atoms with Crippen molar-refractivity contribution < 1.29 is 4.79 Å². The summed E-state index contributed by atoms with van der Waals surface area (Å²) in [4.78, 5) is 16.2. The van der Waals surface area contributed by atoms with Crippen molar-refractivity contribution in [3.05, 3.63) is 23.9 Å². The lowest BCUT2D eigenvalue weighted by Crippen LogP contribution is -2.40. The number of aromatic nitrogens is 1. The molecular weight excluding hydrogens is 214 g/mol. The fourth-order valence-corrected chi connectivity index (χ4v) is 2.26. The molecule has 3 N–H and O–H groups in total. The van der Waals surface area contributed by atoms with Gasteiger partial charge in [0.15, 0.2) is 0 Å². The van der Waals surface area contributed by atoms with Gasteiger partial charge in [-0.05, 0) is 43.6 Å². The van der Waals surface area contributed by atoms with E-state index in [1.807, 2.05) is 6.07 Å². The number of piperidine rings is 1. The highest BCUT2D eigenvalue weighted by Crippen LogP contribution is 2.30. The number of nitrogens with one attached hydrogen (secondary N) is 1. The normalized spacial score (nSPS) is 18.9. The van der Waals surface area contributed by atoms with Crippen molar-refractivity contribution in [1.82, 2.24) is 10.3 Å². The number of ketones is 1. The Balaban J connectivity index is 2.05. The Morgan fingerprint density at radius 1 is 1.53 bits per heavy atom. The molecule has 4 heteroatoms. The maximum atomic E-state index is 12.3. The summed E-state index contributed by atoms with van der Waals surface area (Å²) < 4.78 is 0. The van der Waals surface area contributed by atoms with E-state index >= 15 is 0 Å². The molecule has 0 spiro atoms. The third kappa shape index (κ3) is 2.82. The van der Waals surface area contributed by atoms with Crippen LogP contribution in [-0.2, 0) is 11.2 Å². The zero-order valence-corrected chi connectivity index (χ0v) is 10.2. The minimum absolute atomic E-state index is 0.177. The first-order valence-corrected chi connectivity index (χ1v) is 6.05. The standard InChI is InChI=1S/C13H19N3O/c1-13(3-6-15-7-4-13)11(17)8-10-2-5-16-12(14)9-10/h2,5,9,15H,3-4,6-8H2,1H3,(H2,14,16).